The summed E-state index contributed by atoms with van der Waals surface area (Å²) in [6, 6.07) is 8.41. The van der Waals surface area contributed by atoms with Gasteiger partial charge in [-0.25, -0.2) is 9.97 Å². The number of halogens is 1. The zero-order valence-corrected chi connectivity index (χ0v) is 13.8. The molecule has 0 radical (unpaired) electrons. The number of ether oxygens (including phenoxy) is 1. The molecule has 0 aliphatic heterocycles. The molecular weight excluding hydrogens is 332 g/mol. The van der Waals surface area contributed by atoms with E-state index in [4.69, 9.17) is 16.3 Å². The highest BCUT2D eigenvalue weighted by Crippen LogP contribution is 2.15. The van der Waals surface area contributed by atoms with E-state index in [0.29, 0.717) is 23.2 Å². The lowest BCUT2D eigenvalue weighted by molar-refractivity contribution is -0.152. The average Bonchev–Trinajstić information content (AvgIpc) is 2.55. The minimum absolute atomic E-state index is 0.0903. The summed E-state index contributed by atoms with van der Waals surface area (Å²) in [6.45, 7) is 1.82. The van der Waals surface area contributed by atoms with Gasteiger partial charge in [-0.15, -0.1) is 0 Å². The van der Waals surface area contributed by atoms with Gasteiger partial charge in [0.2, 0.25) is 5.95 Å². The minimum atomic E-state index is -0.913. The fraction of sp³-hybridized carbons (Fsp3) is 0.250. The number of rotatable bonds is 7. The lowest BCUT2D eigenvalue weighted by Crippen LogP contribution is -2.30. The molecule has 0 saturated heterocycles. The molecule has 8 heteroatoms. The van der Waals surface area contributed by atoms with Crippen LogP contribution in [0.2, 0.25) is 5.02 Å². The van der Waals surface area contributed by atoms with Crippen molar-refractivity contribution in [1.82, 2.24) is 9.97 Å². The zero-order valence-electron chi connectivity index (χ0n) is 13.0. The van der Waals surface area contributed by atoms with E-state index >= 15 is 0 Å². The summed E-state index contributed by atoms with van der Waals surface area (Å²) < 4.78 is 5.09. The van der Waals surface area contributed by atoms with E-state index in [1.807, 2.05) is 0 Å². The van der Waals surface area contributed by atoms with E-state index in [-0.39, 0.29) is 6.42 Å². The van der Waals surface area contributed by atoms with Crippen LogP contribution in [0.5, 0.6) is 0 Å². The number of amides is 1. The van der Waals surface area contributed by atoms with Crippen LogP contribution in [0.4, 0.5) is 11.6 Å². The van der Waals surface area contributed by atoms with E-state index in [1.165, 1.54) is 6.92 Å². The van der Waals surface area contributed by atoms with Crippen molar-refractivity contribution in [2.45, 2.75) is 19.4 Å². The van der Waals surface area contributed by atoms with Gasteiger partial charge in [-0.1, -0.05) is 17.7 Å². The summed E-state index contributed by atoms with van der Waals surface area (Å²) in [5.41, 5.74) is 0.540. The highest BCUT2D eigenvalue weighted by molar-refractivity contribution is 6.30. The van der Waals surface area contributed by atoms with Gasteiger partial charge < -0.3 is 15.4 Å². The fourth-order valence-corrected chi connectivity index (χ4v) is 1.98. The number of esters is 1. The monoisotopic (exact) mass is 348 g/mol. The first-order valence-corrected chi connectivity index (χ1v) is 7.69. The summed E-state index contributed by atoms with van der Waals surface area (Å²) in [5.74, 6) is -0.491. The van der Waals surface area contributed by atoms with Crippen molar-refractivity contribution in [1.29, 1.82) is 0 Å². The number of carbonyl (C=O) groups is 2. The van der Waals surface area contributed by atoms with Crippen molar-refractivity contribution in [2.75, 3.05) is 17.2 Å². The third-order valence-electron chi connectivity index (χ3n) is 2.95. The molecule has 7 nitrogen and oxygen atoms in total. The summed E-state index contributed by atoms with van der Waals surface area (Å²) in [6.07, 6.45) is 2.36. The quantitative estimate of drug-likeness (QED) is 0.747. The number of carbonyl (C=O) groups excluding carboxylic acids is 2. The highest BCUT2D eigenvalue weighted by atomic mass is 35.5. The lowest BCUT2D eigenvalue weighted by Gasteiger charge is -2.13. The van der Waals surface area contributed by atoms with Gasteiger partial charge in [0.05, 0.1) is 6.42 Å². The molecule has 1 aromatic heterocycles. The Balaban J connectivity index is 1.73. The third-order valence-corrected chi connectivity index (χ3v) is 3.18. The molecular formula is C16H17ClN4O3. The molecule has 0 spiro atoms. The van der Waals surface area contributed by atoms with Crippen molar-refractivity contribution in [3.8, 4) is 0 Å². The van der Waals surface area contributed by atoms with Gasteiger partial charge in [-0.05, 0) is 31.2 Å². The maximum Gasteiger partial charge on any atom is 0.308 e. The Hall–Kier alpha value is -2.67. The zero-order chi connectivity index (χ0) is 17.4. The molecule has 0 fully saturated rings. The summed E-state index contributed by atoms with van der Waals surface area (Å²) >= 11 is 5.85. The van der Waals surface area contributed by atoms with E-state index in [1.54, 1.807) is 42.7 Å². The van der Waals surface area contributed by atoms with Crippen molar-refractivity contribution < 1.29 is 14.3 Å². The van der Waals surface area contributed by atoms with Crippen molar-refractivity contribution in [2.24, 2.45) is 0 Å². The Labute approximate surface area is 144 Å². The topological polar surface area (TPSA) is 93.2 Å². The van der Waals surface area contributed by atoms with Gasteiger partial charge in [0.15, 0.2) is 6.10 Å². The Kier molecular flexibility index (Phi) is 6.51. The van der Waals surface area contributed by atoms with Crippen LogP contribution in [0, 0.1) is 0 Å². The molecule has 2 rings (SSSR count). The van der Waals surface area contributed by atoms with Gasteiger partial charge in [-0.2, -0.15) is 0 Å². The van der Waals surface area contributed by atoms with Crippen LogP contribution in [-0.2, 0) is 14.3 Å². The third kappa shape index (κ3) is 5.85. The van der Waals surface area contributed by atoms with Crippen LogP contribution in [0.1, 0.15) is 13.3 Å². The molecule has 1 aromatic carbocycles. The Morgan fingerprint density at radius 2 is 2.00 bits per heavy atom. The second kappa shape index (κ2) is 8.83. The van der Waals surface area contributed by atoms with E-state index in [9.17, 15) is 9.59 Å². The van der Waals surface area contributed by atoms with Gasteiger partial charge in [-0.3, -0.25) is 9.59 Å². The minimum Gasteiger partial charge on any atom is -0.452 e. The van der Waals surface area contributed by atoms with Gasteiger partial charge in [0, 0.05) is 29.6 Å². The SMILES string of the molecule is CC(OC(=O)CCNc1ncccn1)C(=O)Nc1cccc(Cl)c1. The summed E-state index contributed by atoms with van der Waals surface area (Å²) in [7, 11) is 0. The molecule has 1 heterocycles. The fourth-order valence-electron chi connectivity index (χ4n) is 1.79. The van der Waals surface area contributed by atoms with Crippen LogP contribution in [0.15, 0.2) is 42.7 Å². The molecule has 24 heavy (non-hydrogen) atoms. The van der Waals surface area contributed by atoms with Crippen LogP contribution >= 0.6 is 11.6 Å². The number of hydrogen-bond acceptors (Lipinski definition) is 6. The second-order valence-electron chi connectivity index (χ2n) is 4.88. The lowest BCUT2D eigenvalue weighted by atomic mass is 10.3. The molecule has 2 N–H and O–H groups in total. The second-order valence-corrected chi connectivity index (χ2v) is 5.32. The standard InChI is InChI=1S/C16H17ClN4O3/c1-11(15(23)21-13-5-2-4-12(17)10-13)24-14(22)6-9-20-16-18-7-3-8-19-16/h2-5,7-8,10-11H,6,9H2,1H3,(H,21,23)(H,18,19,20). The first kappa shape index (κ1) is 17.7. The Morgan fingerprint density at radius 3 is 2.71 bits per heavy atom. The van der Waals surface area contributed by atoms with Gasteiger partial charge in [0.1, 0.15) is 0 Å². The molecule has 1 unspecified atom stereocenters. The molecule has 0 aliphatic rings. The molecule has 0 aliphatic carbocycles. The van der Waals surface area contributed by atoms with E-state index < -0.39 is 18.0 Å². The summed E-state index contributed by atoms with van der Waals surface area (Å²) in [5, 5.41) is 6.03. The number of hydrogen-bond donors (Lipinski definition) is 2. The van der Waals surface area contributed by atoms with Gasteiger partial charge >= 0.3 is 5.97 Å². The number of anilines is 2. The van der Waals surface area contributed by atoms with E-state index in [2.05, 4.69) is 20.6 Å². The molecule has 126 valence electrons. The van der Waals surface area contributed by atoms with Gasteiger partial charge in [0.25, 0.3) is 5.91 Å². The van der Waals surface area contributed by atoms with E-state index in [0.717, 1.165) is 0 Å². The number of nitrogens with zero attached hydrogens (tertiary/aromatic N) is 2. The predicted octanol–water partition coefficient (Wildman–Crippen LogP) is 2.50. The number of nitrogens with one attached hydrogen (secondary N) is 2. The number of aromatic nitrogens is 2. The van der Waals surface area contributed by atoms with Crippen LogP contribution < -0.4 is 10.6 Å². The average molecular weight is 349 g/mol. The first-order chi connectivity index (χ1) is 11.5. The molecule has 2 aromatic rings. The first-order valence-electron chi connectivity index (χ1n) is 7.31. The predicted molar refractivity (Wildman–Crippen MR) is 90.8 cm³/mol. The van der Waals surface area contributed by atoms with Crippen LogP contribution in [-0.4, -0.2) is 34.5 Å². The van der Waals surface area contributed by atoms with Crippen LogP contribution in [0.3, 0.4) is 0 Å². The highest BCUT2D eigenvalue weighted by Gasteiger charge is 2.17. The van der Waals surface area contributed by atoms with Crippen molar-refractivity contribution >= 4 is 35.1 Å². The van der Waals surface area contributed by atoms with Crippen LogP contribution in [0.25, 0.3) is 0 Å². The maximum atomic E-state index is 12.0. The number of benzene rings is 1. The normalized spacial score (nSPS) is 11.4. The largest absolute Gasteiger partial charge is 0.452 e. The molecule has 1 atom stereocenters. The molecule has 0 bridgehead atoms. The summed E-state index contributed by atoms with van der Waals surface area (Å²) in [4.78, 5) is 31.7. The molecule has 1 amide bonds. The maximum absolute atomic E-state index is 12.0. The Bertz CT molecular complexity index is 697. The molecule has 0 saturated carbocycles. The van der Waals surface area contributed by atoms with Crippen molar-refractivity contribution in [3.63, 3.8) is 0 Å². The van der Waals surface area contributed by atoms with Crippen molar-refractivity contribution in [3.05, 3.63) is 47.7 Å². The smallest absolute Gasteiger partial charge is 0.308 e. The Morgan fingerprint density at radius 1 is 1.25 bits per heavy atom.